The van der Waals surface area contributed by atoms with Gasteiger partial charge in [-0.3, -0.25) is 25.0 Å². The average molecular weight is 509 g/mol. The molecule has 4 aromatic rings. The van der Waals surface area contributed by atoms with Gasteiger partial charge in [-0.1, -0.05) is 11.3 Å². The predicted molar refractivity (Wildman–Crippen MR) is 131 cm³/mol. The van der Waals surface area contributed by atoms with Gasteiger partial charge in [0.25, 0.3) is 17.3 Å². The smallest absolute Gasteiger partial charge is 0.281 e. The number of thiazole rings is 1. The standard InChI is InChI=1S/C23H16FN5O6S/c1-2-35-19-6-3-14(4-7-19)13-25-27(23-26-20-8-5-16(24)11-21(20)36-23)22(30)15-9-17(28(31)32)12-18(10-15)29(33)34/h3-13H,2H2,1H3/b25-13+. The molecule has 0 saturated carbocycles. The Morgan fingerprint density at radius 1 is 1.08 bits per heavy atom. The Bertz CT molecular complexity index is 1470. The zero-order valence-corrected chi connectivity index (χ0v) is 19.3. The molecule has 0 aliphatic rings. The van der Waals surface area contributed by atoms with Gasteiger partial charge < -0.3 is 4.74 Å². The Kier molecular flexibility index (Phi) is 6.92. The summed E-state index contributed by atoms with van der Waals surface area (Å²) in [4.78, 5) is 38.7. The molecule has 11 nitrogen and oxygen atoms in total. The number of amides is 1. The highest BCUT2D eigenvalue weighted by atomic mass is 32.1. The highest BCUT2D eigenvalue weighted by Crippen LogP contribution is 2.32. The SMILES string of the molecule is CCOc1ccc(/C=N/N(C(=O)c2cc([N+](=O)[O-])cc([N+](=O)[O-])c2)c2nc3ccc(F)cc3s2)cc1. The van der Waals surface area contributed by atoms with Crippen molar-refractivity contribution < 1.29 is 23.8 Å². The number of rotatable bonds is 8. The summed E-state index contributed by atoms with van der Waals surface area (Å²) in [5.74, 6) is -0.758. The van der Waals surface area contributed by atoms with Gasteiger partial charge >= 0.3 is 0 Å². The van der Waals surface area contributed by atoms with Crippen LogP contribution in [0.1, 0.15) is 22.8 Å². The van der Waals surface area contributed by atoms with E-state index in [1.54, 1.807) is 24.3 Å². The number of carbonyl (C=O) groups is 1. The number of nitro benzene ring substituents is 2. The Balaban J connectivity index is 1.79. The number of ether oxygens (including phenoxy) is 1. The number of benzene rings is 3. The summed E-state index contributed by atoms with van der Waals surface area (Å²) in [6.45, 7) is 2.34. The maximum absolute atomic E-state index is 13.7. The molecule has 36 heavy (non-hydrogen) atoms. The van der Waals surface area contributed by atoms with Crippen LogP contribution in [0.5, 0.6) is 5.75 Å². The second-order valence-corrected chi connectivity index (χ2v) is 8.23. The second-order valence-electron chi connectivity index (χ2n) is 7.22. The minimum Gasteiger partial charge on any atom is -0.494 e. The molecule has 0 unspecified atom stereocenters. The number of hydrogen-bond donors (Lipinski definition) is 0. The molecule has 0 spiro atoms. The van der Waals surface area contributed by atoms with Crippen LogP contribution in [-0.2, 0) is 0 Å². The number of hydrazone groups is 1. The quantitative estimate of drug-likeness (QED) is 0.177. The molecule has 0 aliphatic heterocycles. The number of nitrogens with zero attached hydrogens (tertiary/aromatic N) is 5. The summed E-state index contributed by atoms with van der Waals surface area (Å²) >= 11 is 0.960. The Morgan fingerprint density at radius 3 is 2.36 bits per heavy atom. The van der Waals surface area contributed by atoms with E-state index < -0.39 is 32.9 Å². The fourth-order valence-corrected chi connectivity index (χ4v) is 4.11. The summed E-state index contributed by atoms with van der Waals surface area (Å²) in [5.41, 5.74) is -0.613. The summed E-state index contributed by atoms with van der Waals surface area (Å²) in [6.07, 6.45) is 1.35. The fraction of sp³-hybridized carbons (Fsp3) is 0.0870. The van der Waals surface area contributed by atoms with E-state index in [2.05, 4.69) is 10.1 Å². The maximum Gasteiger partial charge on any atom is 0.281 e. The number of hydrogen-bond acceptors (Lipinski definition) is 9. The second kappa shape index (κ2) is 10.2. The molecule has 0 atom stereocenters. The Hall–Kier alpha value is -4.78. The number of aromatic nitrogens is 1. The van der Waals surface area contributed by atoms with Gasteiger partial charge in [-0.25, -0.2) is 9.37 Å². The third-order valence-electron chi connectivity index (χ3n) is 4.80. The van der Waals surface area contributed by atoms with Crippen LogP contribution in [0.3, 0.4) is 0 Å². The largest absolute Gasteiger partial charge is 0.494 e. The Labute approximate surface area is 206 Å². The van der Waals surface area contributed by atoms with Gasteiger partial charge in [0.2, 0.25) is 5.13 Å². The van der Waals surface area contributed by atoms with Crippen LogP contribution in [0.15, 0.2) is 65.8 Å². The van der Waals surface area contributed by atoms with Crippen molar-refractivity contribution in [3.8, 4) is 5.75 Å². The molecule has 0 N–H and O–H groups in total. The molecule has 4 rings (SSSR count). The number of non-ortho nitro benzene ring substituents is 2. The average Bonchev–Trinajstić information content (AvgIpc) is 3.27. The lowest BCUT2D eigenvalue weighted by molar-refractivity contribution is -0.394. The van der Waals surface area contributed by atoms with Gasteiger partial charge in [-0.2, -0.15) is 10.1 Å². The molecule has 1 heterocycles. The van der Waals surface area contributed by atoms with Crippen molar-refractivity contribution in [1.82, 2.24) is 4.98 Å². The van der Waals surface area contributed by atoms with E-state index >= 15 is 0 Å². The van der Waals surface area contributed by atoms with Gasteiger partial charge in [-0.15, -0.1) is 0 Å². The van der Waals surface area contributed by atoms with Gasteiger partial charge in [0.1, 0.15) is 11.6 Å². The van der Waals surface area contributed by atoms with Gasteiger partial charge in [0, 0.05) is 12.1 Å². The zero-order chi connectivity index (χ0) is 25.8. The van der Waals surface area contributed by atoms with E-state index in [1.807, 2.05) is 6.92 Å². The highest BCUT2D eigenvalue weighted by molar-refractivity contribution is 7.22. The van der Waals surface area contributed by atoms with Crippen molar-refractivity contribution in [3.63, 3.8) is 0 Å². The first-order chi connectivity index (χ1) is 17.2. The summed E-state index contributed by atoms with van der Waals surface area (Å²) in [6, 6.07) is 13.3. The summed E-state index contributed by atoms with van der Waals surface area (Å²) in [5, 5.41) is 27.7. The lowest BCUT2D eigenvalue weighted by Crippen LogP contribution is -2.25. The number of carbonyl (C=O) groups excluding carboxylic acids is 1. The van der Waals surface area contributed by atoms with Gasteiger partial charge in [-0.05, 0) is 55.0 Å². The number of halogens is 1. The minimum atomic E-state index is -0.900. The lowest BCUT2D eigenvalue weighted by atomic mass is 10.1. The molecule has 1 aromatic heterocycles. The van der Waals surface area contributed by atoms with Crippen LogP contribution < -0.4 is 9.75 Å². The molecule has 13 heteroatoms. The molecular weight excluding hydrogens is 493 g/mol. The van der Waals surface area contributed by atoms with Crippen LogP contribution in [0.2, 0.25) is 0 Å². The lowest BCUT2D eigenvalue weighted by Gasteiger charge is -2.14. The van der Waals surface area contributed by atoms with E-state index in [0.29, 0.717) is 28.1 Å². The fourth-order valence-electron chi connectivity index (χ4n) is 3.16. The van der Waals surface area contributed by atoms with Crippen molar-refractivity contribution in [1.29, 1.82) is 0 Å². The normalized spacial score (nSPS) is 11.1. The summed E-state index contributed by atoms with van der Waals surface area (Å²) < 4.78 is 19.5. The predicted octanol–water partition coefficient (Wildman–Crippen LogP) is 5.33. The molecule has 0 radical (unpaired) electrons. The van der Waals surface area contributed by atoms with Crippen LogP contribution in [0, 0.1) is 26.0 Å². The first kappa shape index (κ1) is 24.3. The maximum atomic E-state index is 13.7. The molecule has 3 aromatic carbocycles. The third kappa shape index (κ3) is 5.31. The first-order valence-corrected chi connectivity index (χ1v) is 11.2. The van der Waals surface area contributed by atoms with Crippen LogP contribution >= 0.6 is 11.3 Å². The summed E-state index contributed by atoms with van der Waals surface area (Å²) in [7, 11) is 0. The number of anilines is 1. The van der Waals surface area contributed by atoms with E-state index in [0.717, 1.165) is 34.5 Å². The van der Waals surface area contributed by atoms with Crippen molar-refractivity contribution in [2.45, 2.75) is 6.92 Å². The van der Waals surface area contributed by atoms with Gasteiger partial charge in [0.05, 0.1) is 44.5 Å². The van der Waals surface area contributed by atoms with Crippen molar-refractivity contribution in [3.05, 3.63) is 97.8 Å². The number of fused-ring (bicyclic) bond motifs is 1. The van der Waals surface area contributed by atoms with Crippen LogP contribution in [-0.4, -0.2) is 33.6 Å². The topological polar surface area (TPSA) is 141 Å². The third-order valence-corrected chi connectivity index (χ3v) is 5.79. The van der Waals surface area contributed by atoms with E-state index in [4.69, 9.17) is 4.74 Å². The highest BCUT2D eigenvalue weighted by Gasteiger charge is 2.26. The Morgan fingerprint density at radius 2 is 1.75 bits per heavy atom. The molecule has 1 amide bonds. The molecule has 0 saturated heterocycles. The zero-order valence-electron chi connectivity index (χ0n) is 18.5. The van der Waals surface area contributed by atoms with E-state index in [-0.39, 0.29) is 10.7 Å². The molecule has 0 aliphatic carbocycles. The van der Waals surface area contributed by atoms with Crippen LogP contribution in [0.25, 0.3) is 10.2 Å². The van der Waals surface area contributed by atoms with Crippen molar-refractivity contribution in [2.24, 2.45) is 5.10 Å². The first-order valence-electron chi connectivity index (χ1n) is 10.4. The van der Waals surface area contributed by atoms with Gasteiger partial charge in [0.15, 0.2) is 0 Å². The molecular formula is C23H16FN5O6S. The monoisotopic (exact) mass is 509 g/mol. The minimum absolute atomic E-state index is 0.0388. The van der Waals surface area contributed by atoms with Crippen molar-refractivity contribution >= 4 is 50.2 Å². The molecule has 0 fully saturated rings. The molecule has 182 valence electrons. The van der Waals surface area contributed by atoms with E-state index in [9.17, 15) is 29.4 Å². The number of nitro groups is 2. The van der Waals surface area contributed by atoms with Crippen LogP contribution in [0.4, 0.5) is 20.9 Å². The molecule has 0 bridgehead atoms. The van der Waals surface area contributed by atoms with Crippen molar-refractivity contribution in [2.75, 3.05) is 11.6 Å². The van der Waals surface area contributed by atoms with E-state index in [1.165, 1.54) is 24.4 Å².